The number of hydrogen-bond donors (Lipinski definition) is 1. The van der Waals surface area contributed by atoms with Crippen LogP contribution in [-0.2, 0) is 10.8 Å². The second-order valence-corrected chi connectivity index (χ2v) is 5.89. The summed E-state index contributed by atoms with van der Waals surface area (Å²) in [5, 5.41) is 5.26. The molecule has 0 aliphatic heterocycles. The molecule has 0 amide bonds. The Kier molecular flexibility index (Phi) is 3.84. The minimum atomic E-state index is -0.713. The van der Waals surface area contributed by atoms with Gasteiger partial charge in [0.2, 0.25) is 0 Å². The SMILES string of the molecule is CS(=O)CCCNc1ncnc2ccsc12. The van der Waals surface area contributed by atoms with Crippen LogP contribution in [0.1, 0.15) is 6.42 Å². The van der Waals surface area contributed by atoms with E-state index in [0.717, 1.165) is 34.8 Å². The average molecular weight is 255 g/mol. The summed E-state index contributed by atoms with van der Waals surface area (Å²) in [6.45, 7) is 0.795. The van der Waals surface area contributed by atoms with Crippen molar-refractivity contribution in [2.75, 3.05) is 23.9 Å². The number of fused-ring (bicyclic) bond motifs is 1. The van der Waals surface area contributed by atoms with Crippen LogP contribution < -0.4 is 5.32 Å². The zero-order chi connectivity index (χ0) is 11.4. The molecule has 2 aromatic rings. The van der Waals surface area contributed by atoms with Crippen molar-refractivity contribution in [1.29, 1.82) is 0 Å². The third kappa shape index (κ3) is 2.76. The van der Waals surface area contributed by atoms with E-state index in [4.69, 9.17) is 0 Å². The molecule has 6 heteroatoms. The van der Waals surface area contributed by atoms with E-state index in [9.17, 15) is 4.21 Å². The topological polar surface area (TPSA) is 54.9 Å². The van der Waals surface area contributed by atoms with E-state index in [1.54, 1.807) is 23.9 Å². The first kappa shape index (κ1) is 11.5. The summed E-state index contributed by atoms with van der Waals surface area (Å²) in [6.07, 6.45) is 4.18. The molecule has 0 saturated heterocycles. The van der Waals surface area contributed by atoms with Crippen molar-refractivity contribution in [2.24, 2.45) is 0 Å². The molecule has 86 valence electrons. The monoisotopic (exact) mass is 255 g/mol. The Bertz CT molecular complexity index is 498. The Morgan fingerprint density at radius 1 is 1.50 bits per heavy atom. The molecule has 0 saturated carbocycles. The molecule has 2 heterocycles. The van der Waals surface area contributed by atoms with Gasteiger partial charge in [-0.15, -0.1) is 11.3 Å². The molecule has 4 nitrogen and oxygen atoms in total. The number of anilines is 1. The highest BCUT2D eigenvalue weighted by Gasteiger charge is 2.03. The van der Waals surface area contributed by atoms with E-state index >= 15 is 0 Å². The second-order valence-electron chi connectivity index (χ2n) is 3.41. The largest absolute Gasteiger partial charge is 0.369 e. The Hall–Kier alpha value is -1.01. The standard InChI is InChI=1S/C10H13N3OS2/c1-16(14)6-2-4-11-10-9-8(3-5-15-9)12-7-13-10/h3,5,7H,2,4,6H2,1H3,(H,11,12,13). The van der Waals surface area contributed by atoms with Crippen molar-refractivity contribution in [3.05, 3.63) is 17.8 Å². The molecule has 2 aromatic heterocycles. The van der Waals surface area contributed by atoms with Crippen molar-refractivity contribution < 1.29 is 4.21 Å². The summed E-state index contributed by atoms with van der Waals surface area (Å²) < 4.78 is 12.0. The van der Waals surface area contributed by atoms with Gasteiger partial charge < -0.3 is 5.32 Å². The summed E-state index contributed by atoms with van der Waals surface area (Å²) in [5.74, 6) is 1.60. The highest BCUT2D eigenvalue weighted by Crippen LogP contribution is 2.24. The summed E-state index contributed by atoms with van der Waals surface area (Å²) in [6, 6.07) is 1.98. The second kappa shape index (κ2) is 5.36. The zero-order valence-corrected chi connectivity index (χ0v) is 10.6. The van der Waals surface area contributed by atoms with Crippen molar-refractivity contribution in [3.8, 4) is 0 Å². The maximum atomic E-state index is 10.9. The van der Waals surface area contributed by atoms with Gasteiger partial charge in [0.25, 0.3) is 0 Å². The van der Waals surface area contributed by atoms with Crippen LogP contribution >= 0.6 is 11.3 Å². The number of nitrogens with zero attached hydrogens (tertiary/aromatic N) is 2. The van der Waals surface area contributed by atoms with Gasteiger partial charge in [0, 0.05) is 29.4 Å². The van der Waals surface area contributed by atoms with Gasteiger partial charge in [0.05, 0.1) is 10.2 Å². The summed E-state index contributed by atoms with van der Waals surface area (Å²) >= 11 is 1.63. The van der Waals surface area contributed by atoms with Gasteiger partial charge in [-0.2, -0.15) is 0 Å². The highest BCUT2D eigenvalue weighted by atomic mass is 32.2. The van der Waals surface area contributed by atoms with E-state index in [-0.39, 0.29) is 0 Å². The summed E-state index contributed by atoms with van der Waals surface area (Å²) in [4.78, 5) is 8.38. The lowest BCUT2D eigenvalue weighted by atomic mass is 10.4. The van der Waals surface area contributed by atoms with Crippen LogP contribution in [0.3, 0.4) is 0 Å². The zero-order valence-electron chi connectivity index (χ0n) is 8.97. The molecular formula is C10H13N3OS2. The molecule has 2 rings (SSSR count). The van der Waals surface area contributed by atoms with Gasteiger partial charge in [-0.05, 0) is 17.9 Å². The smallest absolute Gasteiger partial charge is 0.147 e. The molecule has 0 spiro atoms. The van der Waals surface area contributed by atoms with Crippen LogP contribution in [0.2, 0.25) is 0 Å². The van der Waals surface area contributed by atoms with Crippen LogP contribution in [-0.4, -0.2) is 32.7 Å². The van der Waals surface area contributed by atoms with Crippen molar-refractivity contribution in [1.82, 2.24) is 9.97 Å². The minimum absolute atomic E-state index is 0.713. The Labute approximate surface area is 101 Å². The number of hydrogen-bond acceptors (Lipinski definition) is 5. The molecule has 0 radical (unpaired) electrons. The molecular weight excluding hydrogens is 242 g/mol. The van der Waals surface area contributed by atoms with Crippen LogP contribution in [0.25, 0.3) is 10.2 Å². The highest BCUT2D eigenvalue weighted by molar-refractivity contribution is 7.84. The van der Waals surface area contributed by atoms with Gasteiger partial charge >= 0.3 is 0 Å². The number of rotatable bonds is 5. The van der Waals surface area contributed by atoms with Gasteiger partial charge in [0.15, 0.2) is 0 Å². The fourth-order valence-corrected chi connectivity index (χ4v) is 2.76. The van der Waals surface area contributed by atoms with E-state index in [0.29, 0.717) is 0 Å². The molecule has 0 aromatic carbocycles. The van der Waals surface area contributed by atoms with Crippen molar-refractivity contribution >= 4 is 38.2 Å². The molecule has 1 atom stereocenters. The van der Waals surface area contributed by atoms with E-state index in [2.05, 4.69) is 15.3 Å². The van der Waals surface area contributed by atoms with Crippen molar-refractivity contribution in [3.63, 3.8) is 0 Å². The average Bonchev–Trinajstić information content (AvgIpc) is 2.72. The quantitative estimate of drug-likeness (QED) is 0.829. The van der Waals surface area contributed by atoms with E-state index in [1.165, 1.54) is 0 Å². The van der Waals surface area contributed by atoms with Crippen LogP contribution in [0, 0.1) is 0 Å². The van der Waals surface area contributed by atoms with Crippen LogP contribution in [0.15, 0.2) is 17.8 Å². The Morgan fingerprint density at radius 2 is 2.38 bits per heavy atom. The summed E-state index contributed by atoms with van der Waals surface area (Å²) in [7, 11) is -0.713. The third-order valence-corrected chi connectivity index (χ3v) is 3.92. The molecule has 0 fully saturated rings. The molecule has 0 aliphatic rings. The van der Waals surface area contributed by atoms with Gasteiger partial charge in [-0.1, -0.05) is 0 Å². The molecule has 0 bridgehead atoms. The fraction of sp³-hybridized carbons (Fsp3) is 0.400. The lowest BCUT2D eigenvalue weighted by Gasteiger charge is -2.04. The van der Waals surface area contributed by atoms with Gasteiger partial charge in [-0.3, -0.25) is 4.21 Å². The lowest BCUT2D eigenvalue weighted by molar-refractivity contribution is 0.685. The maximum Gasteiger partial charge on any atom is 0.147 e. The van der Waals surface area contributed by atoms with Gasteiger partial charge in [0.1, 0.15) is 12.1 Å². The molecule has 1 N–H and O–H groups in total. The van der Waals surface area contributed by atoms with E-state index in [1.807, 2.05) is 11.4 Å². The van der Waals surface area contributed by atoms with Crippen LogP contribution in [0.5, 0.6) is 0 Å². The maximum absolute atomic E-state index is 10.9. The number of aromatic nitrogens is 2. The third-order valence-electron chi connectivity index (χ3n) is 2.14. The normalized spacial score (nSPS) is 12.8. The Balaban J connectivity index is 1.98. The van der Waals surface area contributed by atoms with E-state index < -0.39 is 10.8 Å². The molecule has 16 heavy (non-hydrogen) atoms. The first-order chi connectivity index (χ1) is 7.77. The predicted molar refractivity (Wildman–Crippen MR) is 69.5 cm³/mol. The fourth-order valence-electron chi connectivity index (χ4n) is 1.40. The first-order valence-corrected chi connectivity index (χ1v) is 7.60. The van der Waals surface area contributed by atoms with Gasteiger partial charge in [-0.25, -0.2) is 9.97 Å². The Morgan fingerprint density at radius 3 is 3.19 bits per heavy atom. The number of nitrogens with one attached hydrogen (secondary N) is 1. The summed E-state index contributed by atoms with van der Waals surface area (Å²) in [5.41, 5.74) is 0.974. The van der Waals surface area contributed by atoms with Crippen LogP contribution in [0.4, 0.5) is 5.82 Å². The van der Waals surface area contributed by atoms with Crippen molar-refractivity contribution in [2.45, 2.75) is 6.42 Å². The lowest BCUT2D eigenvalue weighted by Crippen LogP contribution is -2.07. The number of thiophene rings is 1. The molecule has 1 unspecified atom stereocenters. The molecule has 0 aliphatic carbocycles. The predicted octanol–water partition coefficient (Wildman–Crippen LogP) is 1.87. The minimum Gasteiger partial charge on any atom is -0.369 e. The first-order valence-electron chi connectivity index (χ1n) is 4.99.